The Kier molecular flexibility index (Phi) is 6.11. The van der Waals surface area contributed by atoms with Gasteiger partial charge in [0.05, 0.1) is 33.6 Å². The lowest BCUT2D eigenvalue weighted by Gasteiger charge is -2.46. The van der Waals surface area contributed by atoms with Gasteiger partial charge in [-0.3, -0.25) is 19.3 Å². The smallest absolute Gasteiger partial charge is 0.251 e. The van der Waals surface area contributed by atoms with Crippen molar-refractivity contribution >= 4 is 46.6 Å². The Morgan fingerprint density at radius 1 is 1.03 bits per heavy atom. The van der Waals surface area contributed by atoms with Crippen LogP contribution in [-0.4, -0.2) is 41.8 Å². The van der Waals surface area contributed by atoms with E-state index in [2.05, 4.69) is 0 Å². The number of carbonyl (C=O) groups is 3. The third kappa shape index (κ3) is 3.74. The van der Waals surface area contributed by atoms with E-state index in [1.165, 1.54) is 11.3 Å². The Morgan fingerprint density at radius 3 is 2.30 bits per heavy atom. The normalized spacial score (nSPS) is 25.7. The first kappa shape index (κ1) is 21.6. The SMILES string of the molecule is NC(=O)C1(C2CCCCC2)CCN([C@H]2CC(=O)N(c3ccc(Cl)c(Cl)c3)C2=O)CC1. The first-order valence-electron chi connectivity index (χ1n) is 10.7. The highest BCUT2D eigenvalue weighted by Crippen LogP contribution is 2.46. The molecule has 30 heavy (non-hydrogen) atoms. The number of hydrogen-bond acceptors (Lipinski definition) is 4. The molecule has 1 aromatic rings. The molecular formula is C22H27Cl2N3O3. The molecule has 3 fully saturated rings. The fourth-order valence-electron chi connectivity index (χ4n) is 5.54. The molecule has 2 saturated heterocycles. The zero-order chi connectivity index (χ0) is 21.5. The van der Waals surface area contributed by atoms with E-state index >= 15 is 0 Å². The minimum Gasteiger partial charge on any atom is -0.369 e. The molecule has 162 valence electrons. The number of amides is 3. The van der Waals surface area contributed by atoms with Crippen LogP contribution in [0.4, 0.5) is 5.69 Å². The quantitative estimate of drug-likeness (QED) is 0.705. The molecule has 0 radical (unpaired) electrons. The Morgan fingerprint density at radius 2 is 1.70 bits per heavy atom. The summed E-state index contributed by atoms with van der Waals surface area (Å²) in [5.41, 5.74) is 5.85. The zero-order valence-corrected chi connectivity index (χ0v) is 18.4. The van der Waals surface area contributed by atoms with Crippen LogP contribution < -0.4 is 10.6 Å². The van der Waals surface area contributed by atoms with Gasteiger partial charge in [-0.05, 0) is 62.9 Å². The molecule has 0 aromatic heterocycles. The number of rotatable bonds is 4. The number of anilines is 1. The first-order valence-corrected chi connectivity index (χ1v) is 11.4. The van der Waals surface area contributed by atoms with Gasteiger partial charge in [-0.25, -0.2) is 4.90 Å². The summed E-state index contributed by atoms with van der Waals surface area (Å²) in [7, 11) is 0. The molecule has 6 nitrogen and oxygen atoms in total. The van der Waals surface area contributed by atoms with Crippen LogP contribution in [0.1, 0.15) is 51.4 Å². The van der Waals surface area contributed by atoms with Crippen molar-refractivity contribution in [3.8, 4) is 0 Å². The van der Waals surface area contributed by atoms with Gasteiger partial charge in [0.2, 0.25) is 11.8 Å². The predicted octanol–water partition coefficient (Wildman–Crippen LogP) is 3.77. The fraction of sp³-hybridized carbons (Fsp3) is 0.591. The minimum atomic E-state index is -0.510. The van der Waals surface area contributed by atoms with Crippen molar-refractivity contribution in [3.05, 3.63) is 28.2 Å². The monoisotopic (exact) mass is 451 g/mol. The highest BCUT2D eigenvalue weighted by Gasteiger charge is 2.50. The van der Waals surface area contributed by atoms with Crippen molar-refractivity contribution < 1.29 is 14.4 Å². The Balaban J connectivity index is 1.48. The van der Waals surface area contributed by atoms with E-state index in [9.17, 15) is 14.4 Å². The van der Waals surface area contributed by atoms with Crippen molar-refractivity contribution in [1.29, 1.82) is 0 Å². The molecular weight excluding hydrogens is 425 g/mol. The summed E-state index contributed by atoms with van der Waals surface area (Å²) in [6, 6.07) is 4.24. The van der Waals surface area contributed by atoms with Crippen LogP contribution in [0.25, 0.3) is 0 Å². The van der Waals surface area contributed by atoms with E-state index in [-0.39, 0.29) is 24.1 Å². The van der Waals surface area contributed by atoms with Crippen LogP contribution in [0.2, 0.25) is 10.0 Å². The molecule has 2 heterocycles. The summed E-state index contributed by atoms with van der Waals surface area (Å²) in [6.45, 7) is 1.19. The fourth-order valence-corrected chi connectivity index (χ4v) is 5.83. The van der Waals surface area contributed by atoms with Crippen molar-refractivity contribution in [2.24, 2.45) is 17.1 Å². The Hall–Kier alpha value is -1.63. The molecule has 4 rings (SSSR count). The van der Waals surface area contributed by atoms with Gasteiger partial charge in [0.25, 0.3) is 5.91 Å². The van der Waals surface area contributed by atoms with E-state index in [4.69, 9.17) is 28.9 Å². The van der Waals surface area contributed by atoms with E-state index in [0.29, 0.717) is 47.6 Å². The van der Waals surface area contributed by atoms with Gasteiger partial charge in [0.1, 0.15) is 0 Å². The lowest BCUT2D eigenvalue weighted by atomic mass is 9.63. The lowest BCUT2D eigenvalue weighted by Crippen LogP contribution is -2.54. The number of nitrogens with two attached hydrogens (primary N) is 1. The average molecular weight is 452 g/mol. The maximum atomic E-state index is 13.1. The number of piperidine rings is 1. The number of primary amides is 1. The second-order valence-corrected chi connectivity index (χ2v) is 9.59. The van der Waals surface area contributed by atoms with Crippen molar-refractivity contribution in [2.75, 3.05) is 18.0 Å². The van der Waals surface area contributed by atoms with Crippen LogP contribution in [-0.2, 0) is 14.4 Å². The topological polar surface area (TPSA) is 83.7 Å². The number of hydrogen-bond donors (Lipinski definition) is 1. The van der Waals surface area contributed by atoms with Gasteiger partial charge in [-0.15, -0.1) is 0 Å². The second kappa shape index (κ2) is 8.48. The number of imide groups is 1. The summed E-state index contributed by atoms with van der Waals surface area (Å²) in [5.74, 6) is -0.370. The molecule has 0 unspecified atom stereocenters. The van der Waals surface area contributed by atoms with E-state index in [0.717, 1.165) is 25.7 Å². The number of likely N-dealkylation sites (tertiary alicyclic amines) is 1. The minimum absolute atomic E-state index is 0.131. The van der Waals surface area contributed by atoms with Gasteiger partial charge in [-0.2, -0.15) is 0 Å². The van der Waals surface area contributed by atoms with Crippen molar-refractivity contribution in [3.63, 3.8) is 0 Å². The van der Waals surface area contributed by atoms with Gasteiger partial charge >= 0.3 is 0 Å². The summed E-state index contributed by atoms with van der Waals surface area (Å²) in [6.07, 6.45) is 7.06. The molecule has 3 amide bonds. The van der Waals surface area contributed by atoms with Gasteiger partial charge < -0.3 is 5.73 Å². The maximum Gasteiger partial charge on any atom is 0.251 e. The molecule has 1 atom stereocenters. The second-order valence-electron chi connectivity index (χ2n) is 8.78. The summed E-state index contributed by atoms with van der Waals surface area (Å²) in [4.78, 5) is 41.5. The molecule has 1 aliphatic carbocycles. The van der Waals surface area contributed by atoms with E-state index in [1.54, 1.807) is 18.2 Å². The summed E-state index contributed by atoms with van der Waals surface area (Å²) >= 11 is 12.0. The average Bonchev–Trinajstić information content (AvgIpc) is 3.04. The Bertz CT molecular complexity index is 861. The van der Waals surface area contributed by atoms with Crippen LogP contribution in [0.15, 0.2) is 18.2 Å². The van der Waals surface area contributed by atoms with Gasteiger partial charge in [0, 0.05) is 0 Å². The standard InChI is InChI=1S/C22H27Cl2N3O3/c23-16-7-6-15(12-17(16)24)27-19(28)13-18(20(27)29)26-10-8-22(9-11-26,21(25)30)14-4-2-1-3-5-14/h6-7,12,14,18H,1-5,8-11,13H2,(H2,25,30)/t18-/m0/s1. The Labute approximate surface area is 186 Å². The third-order valence-electron chi connectivity index (χ3n) is 7.29. The number of halogens is 2. The molecule has 0 bridgehead atoms. The highest BCUT2D eigenvalue weighted by molar-refractivity contribution is 6.42. The predicted molar refractivity (Wildman–Crippen MR) is 116 cm³/mol. The third-order valence-corrected chi connectivity index (χ3v) is 8.03. The summed E-state index contributed by atoms with van der Waals surface area (Å²) in [5, 5.41) is 0.674. The molecule has 2 aliphatic heterocycles. The van der Waals surface area contributed by atoms with E-state index in [1.807, 2.05) is 4.90 Å². The molecule has 2 N–H and O–H groups in total. The van der Waals surface area contributed by atoms with Gasteiger partial charge in [0.15, 0.2) is 0 Å². The maximum absolute atomic E-state index is 13.1. The van der Waals surface area contributed by atoms with Crippen LogP contribution in [0.3, 0.4) is 0 Å². The largest absolute Gasteiger partial charge is 0.369 e. The highest BCUT2D eigenvalue weighted by atomic mass is 35.5. The summed E-state index contributed by atoms with van der Waals surface area (Å²) < 4.78 is 0. The molecule has 1 saturated carbocycles. The number of benzene rings is 1. The van der Waals surface area contributed by atoms with Crippen LogP contribution in [0, 0.1) is 11.3 Å². The lowest BCUT2D eigenvalue weighted by molar-refractivity contribution is -0.137. The van der Waals surface area contributed by atoms with Crippen molar-refractivity contribution in [2.45, 2.75) is 57.4 Å². The molecule has 8 heteroatoms. The zero-order valence-electron chi connectivity index (χ0n) is 16.9. The molecule has 3 aliphatic rings. The number of nitrogens with zero attached hydrogens (tertiary/aromatic N) is 2. The van der Waals surface area contributed by atoms with E-state index < -0.39 is 11.5 Å². The van der Waals surface area contributed by atoms with Gasteiger partial charge in [-0.1, -0.05) is 42.5 Å². The van der Waals surface area contributed by atoms with Crippen molar-refractivity contribution in [1.82, 2.24) is 4.90 Å². The van der Waals surface area contributed by atoms with Crippen LogP contribution >= 0.6 is 23.2 Å². The molecule has 0 spiro atoms. The molecule has 1 aromatic carbocycles. The first-order chi connectivity index (χ1) is 14.3. The number of carbonyl (C=O) groups excluding carboxylic acids is 3. The van der Waals surface area contributed by atoms with Crippen LogP contribution in [0.5, 0.6) is 0 Å².